The van der Waals surface area contributed by atoms with Gasteiger partial charge in [0.05, 0.1) is 17.1 Å². The number of fused-ring (bicyclic) bond motifs is 2. The SMILES string of the molecule is O=C(c1cccc2cccnc12)N(C[C@H]1CC=CCC1)[C@H]1CCCc2ccccc21. The van der Waals surface area contributed by atoms with Gasteiger partial charge in [-0.05, 0) is 67.7 Å². The molecule has 2 aliphatic rings. The Hall–Kier alpha value is -2.94. The van der Waals surface area contributed by atoms with E-state index in [1.165, 1.54) is 11.1 Å². The number of pyridine rings is 1. The molecule has 30 heavy (non-hydrogen) atoms. The van der Waals surface area contributed by atoms with E-state index in [1.54, 1.807) is 6.20 Å². The van der Waals surface area contributed by atoms with Crippen LogP contribution in [0.2, 0.25) is 0 Å². The van der Waals surface area contributed by atoms with Gasteiger partial charge in [0.1, 0.15) is 0 Å². The zero-order chi connectivity index (χ0) is 20.3. The van der Waals surface area contributed by atoms with Crippen molar-refractivity contribution < 1.29 is 4.79 Å². The molecule has 5 rings (SSSR count). The molecule has 0 N–H and O–H groups in total. The third kappa shape index (κ3) is 3.65. The fourth-order valence-corrected chi connectivity index (χ4v) is 5.14. The third-order valence-corrected chi connectivity index (χ3v) is 6.67. The van der Waals surface area contributed by atoms with E-state index in [0.717, 1.165) is 61.5 Å². The molecule has 3 heteroatoms. The van der Waals surface area contributed by atoms with E-state index in [4.69, 9.17) is 0 Å². The van der Waals surface area contributed by atoms with Gasteiger partial charge < -0.3 is 4.90 Å². The predicted molar refractivity (Wildman–Crippen MR) is 121 cm³/mol. The predicted octanol–water partition coefficient (Wildman–Crippen LogP) is 6.11. The monoisotopic (exact) mass is 396 g/mol. The minimum absolute atomic E-state index is 0.121. The Bertz CT molecular complexity index is 1080. The normalized spacial score (nSPS) is 20.7. The van der Waals surface area contributed by atoms with Crippen LogP contribution >= 0.6 is 0 Å². The minimum Gasteiger partial charge on any atom is -0.331 e. The summed E-state index contributed by atoms with van der Waals surface area (Å²) in [6, 6.07) is 18.8. The number of aromatic nitrogens is 1. The highest BCUT2D eigenvalue weighted by atomic mass is 16.2. The number of nitrogens with zero attached hydrogens (tertiary/aromatic N) is 2. The molecule has 0 aliphatic heterocycles. The van der Waals surface area contributed by atoms with E-state index in [0.29, 0.717) is 5.92 Å². The van der Waals surface area contributed by atoms with Gasteiger partial charge in [0.15, 0.2) is 0 Å². The highest BCUT2D eigenvalue weighted by molar-refractivity contribution is 6.05. The standard InChI is InChI=1S/C27H28N2O/c30-27(24-16-6-13-22-14-8-18-28-26(22)24)29(19-20-9-2-1-3-10-20)25-17-7-12-21-11-4-5-15-23(21)25/h1-2,4-6,8,11,13-16,18,20,25H,3,7,9-10,12,17,19H2/t20-,25-/m0/s1. The lowest BCUT2D eigenvalue weighted by molar-refractivity contribution is 0.0613. The van der Waals surface area contributed by atoms with Crippen molar-refractivity contribution in [1.29, 1.82) is 0 Å². The molecule has 0 bridgehead atoms. The van der Waals surface area contributed by atoms with Crippen LogP contribution in [0.1, 0.15) is 59.6 Å². The lowest BCUT2D eigenvalue weighted by atomic mass is 9.85. The number of allylic oxidation sites excluding steroid dienone is 2. The number of carbonyl (C=O) groups is 1. The number of carbonyl (C=O) groups excluding carboxylic acids is 1. The quantitative estimate of drug-likeness (QED) is 0.498. The smallest absolute Gasteiger partial charge is 0.256 e. The first-order valence-corrected chi connectivity index (χ1v) is 11.2. The lowest BCUT2D eigenvalue weighted by Gasteiger charge is -2.38. The molecule has 2 atom stereocenters. The van der Waals surface area contributed by atoms with Crippen molar-refractivity contribution in [1.82, 2.24) is 9.88 Å². The second-order valence-corrected chi connectivity index (χ2v) is 8.60. The molecule has 2 aliphatic carbocycles. The summed E-state index contributed by atoms with van der Waals surface area (Å²) in [6.07, 6.45) is 12.9. The third-order valence-electron chi connectivity index (χ3n) is 6.67. The molecule has 0 fully saturated rings. The van der Waals surface area contributed by atoms with Gasteiger partial charge in [-0.1, -0.05) is 54.6 Å². The minimum atomic E-state index is 0.121. The molecule has 0 saturated heterocycles. The van der Waals surface area contributed by atoms with E-state index in [-0.39, 0.29) is 11.9 Å². The van der Waals surface area contributed by atoms with E-state index < -0.39 is 0 Å². The van der Waals surface area contributed by atoms with Crippen molar-refractivity contribution in [2.45, 2.75) is 44.6 Å². The maximum absolute atomic E-state index is 14.0. The van der Waals surface area contributed by atoms with Crippen LogP contribution in [0.3, 0.4) is 0 Å². The molecule has 1 amide bonds. The van der Waals surface area contributed by atoms with Gasteiger partial charge in [-0.15, -0.1) is 0 Å². The lowest BCUT2D eigenvalue weighted by Crippen LogP contribution is -2.40. The van der Waals surface area contributed by atoms with E-state index >= 15 is 0 Å². The van der Waals surface area contributed by atoms with Gasteiger partial charge in [0.2, 0.25) is 0 Å². The molecule has 1 heterocycles. The van der Waals surface area contributed by atoms with E-state index in [1.807, 2.05) is 30.3 Å². The Balaban J connectivity index is 1.56. The molecular formula is C27H28N2O. The fourth-order valence-electron chi connectivity index (χ4n) is 5.14. The Morgan fingerprint density at radius 3 is 2.80 bits per heavy atom. The summed E-state index contributed by atoms with van der Waals surface area (Å²) in [6.45, 7) is 0.811. The average molecular weight is 397 g/mol. The van der Waals surface area contributed by atoms with Crippen LogP contribution in [0.25, 0.3) is 10.9 Å². The number of hydrogen-bond donors (Lipinski definition) is 0. The van der Waals surface area contributed by atoms with Crippen LogP contribution in [0.15, 0.2) is 72.9 Å². The Morgan fingerprint density at radius 2 is 1.90 bits per heavy atom. The second-order valence-electron chi connectivity index (χ2n) is 8.60. The highest BCUT2D eigenvalue weighted by Crippen LogP contribution is 2.37. The first-order chi connectivity index (χ1) is 14.8. The van der Waals surface area contributed by atoms with Crippen molar-refractivity contribution in [2.75, 3.05) is 6.54 Å². The topological polar surface area (TPSA) is 33.2 Å². The zero-order valence-corrected chi connectivity index (χ0v) is 17.3. The van der Waals surface area contributed by atoms with Crippen LogP contribution in [0.5, 0.6) is 0 Å². The molecule has 3 aromatic rings. The van der Waals surface area contributed by atoms with Gasteiger partial charge in [0.25, 0.3) is 5.91 Å². The van der Waals surface area contributed by atoms with Crippen molar-refractivity contribution in [3.05, 3.63) is 89.6 Å². The van der Waals surface area contributed by atoms with Crippen molar-refractivity contribution >= 4 is 16.8 Å². The first kappa shape index (κ1) is 19.0. The molecule has 0 unspecified atom stereocenters. The van der Waals surface area contributed by atoms with Crippen LogP contribution in [-0.4, -0.2) is 22.3 Å². The number of rotatable bonds is 4. The van der Waals surface area contributed by atoms with Crippen molar-refractivity contribution in [3.8, 4) is 0 Å². The second kappa shape index (κ2) is 8.43. The maximum Gasteiger partial charge on any atom is 0.256 e. The van der Waals surface area contributed by atoms with Crippen LogP contribution in [0.4, 0.5) is 0 Å². The summed E-state index contributed by atoms with van der Waals surface area (Å²) in [5, 5.41) is 1.02. The molecule has 1 aromatic heterocycles. The molecule has 3 nitrogen and oxygen atoms in total. The van der Waals surface area contributed by atoms with Gasteiger partial charge in [-0.2, -0.15) is 0 Å². The number of amides is 1. The van der Waals surface area contributed by atoms with Gasteiger partial charge in [-0.3, -0.25) is 9.78 Å². The van der Waals surface area contributed by atoms with Crippen LogP contribution < -0.4 is 0 Å². The molecule has 0 saturated carbocycles. The van der Waals surface area contributed by atoms with Gasteiger partial charge >= 0.3 is 0 Å². The van der Waals surface area contributed by atoms with Gasteiger partial charge in [-0.25, -0.2) is 0 Å². The molecule has 0 spiro atoms. The molecule has 0 radical (unpaired) electrons. The summed E-state index contributed by atoms with van der Waals surface area (Å²) in [5.74, 6) is 0.645. The van der Waals surface area contributed by atoms with Crippen molar-refractivity contribution in [3.63, 3.8) is 0 Å². The number of benzene rings is 2. The van der Waals surface area contributed by atoms with Crippen molar-refractivity contribution in [2.24, 2.45) is 5.92 Å². The summed E-state index contributed by atoms with van der Waals surface area (Å²) >= 11 is 0. The average Bonchev–Trinajstić information content (AvgIpc) is 2.82. The Labute approximate surface area is 178 Å². The zero-order valence-electron chi connectivity index (χ0n) is 17.3. The number of para-hydroxylation sites is 1. The van der Waals surface area contributed by atoms with E-state index in [9.17, 15) is 4.79 Å². The molecule has 2 aromatic carbocycles. The molecular weight excluding hydrogens is 368 g/mol. The summed E-state index contributed by atoms with van der Waals surface area (Å²) < 4.78 is 0. The van der Waals surface area contributed by atoms with Crippen LogP contribution in [-0.2, 0) is 6.42 Å². The largest absolute Gasteiger partial charge is 0.331 e. The summed E-state index contributed by atoms with van der Waals surface area (Å²) in [7, 11) is 0. The summed E-state index contributed by atoms with van der Waals surface area (Å²) in [4.78, 5) is 20.7. The first-order valence-electron chi connectivity index (χ1n) is 11.2. The number of hydrogen-bond acceptors (Lipinski definition) is 2. The molecule has 152 valence electrons. The van der Waals surface area contributed by atoms with E-state index in [2.05, 4.69) is 46.3 Å². The van der Waals surface area contributed by atoms with Crippen LogP contribution in [0, 0.1) is 5.92 Å². The van der Waals surface area contributed by atoms with Gasteiger partial charge in [0, 0.05) is 18.1 Å². The number of aryl methyl sites for hydroxylation is 1. The Kier molecular flexibility index (Phi) is 5.35. The highest BCUT2D eigenvalue weighted by Gasteiger charge is 2.32. The maximum atomic E-state index is 14.0. The Morgan fingerprint density at radius 1 is 1.00 bits per heavy atom. The fraction of sp³-hybridized carbons (Fsp3) is 0.333. The summed E-state index contributed by atoms with van der Waals surface area (Å²) in [5.41, 5.74) is 4.26.